The molecule has 0 bridgehead atoms. The van der Waals surface area contributed by atoms with E-state index in [1.807, 2.05) is 47.2 Å². The van der Waals surface area contributed by atoms with Crippen molar-refractivity contribution in [1.82, 2.24) is 9.55 Å². The number of hydrogen-bond acceptors (Lipinski definition) is 3. The number of amides is 1. The highest BCUT2D eigenvalue weighted by Gasteiger charge is 2.13. The summed E-state index contributed by atoms with van der Waals surface area (Å²) in [4.78, 5) is 16.1. The number of hydrogen-bond donors (Lipinski definition) is 1. The van der Waals surface area contributed by atoms with Gasteiger partial charge < -0.3 is 14.6 Å². The van der Waals surface area contributed by atoms with Gasteiger partial charge in [-0.15, -0.1) is 0 Å². The Morgan fingerprint density at radius 1 is 1.13 bits per heavy atom. The fourth-order valence-corrected chi connectivity index (χ4v) is 3.49. The highest BCUT2D eigenvalue weighted by atomic mass is 35.5. The first-order chi connectivity index (χ1) is 15.1. The van der Waals surface area contributed by atoms with Gasteiger partial charge in [-0.3, -0.25) is 4.79 Å². The maximum atomic E-state index is 12.0. The Kier molecular flexibility index (Phi) is 8.98. The van der Waals surface area contributed by atoms with E-state index in [-0.39, 0.29) is 12.0 Å². The van der Waals surface area contributed by atoms with Crippen molar-refractivity contribution in [3.8, 4) is 5.75 Å². The van der Waals surface area contributed by atoms with Crippen LogP contribution in [0.5, 0.6) is 5.75 Å². The number of benzene rings is 2. The number of halogens is 1. The van der Waals surface area contributed by atoms with Crippen molar-refractivity contribution in [3.63, 3.8) is 0 Å². The van der Waals surface area contributed by atoms with E-state index in [1.165, 1.54) is 5.56 Å². The van der Waals surface area contributed by atoms with E-state index in [9.17, 15) is 4.79 Å². The van der Waals surface area contributed by atoms with Crippen LogP contribution in [0.3, 0.4) is 0 Å². The molecule has 0 aliphatic heterocycles. The third-order valence-corrected chi connectivity index (χ3v) is 5.34. The lowest BCUT2D eigenvalue weighted by molar-refractivity contribution is -0.116. The Bertz CT molecular complexity index is 909. The third-order valence-electron chi connectivity index (χ3n) is 5.09. The summed E-state index contributed by atoms with van der Waals surface area (Å²) in [6, 6.07) is 15.5. The van der Waals surface area contributed by atoms with Gasteiger partial charge in [0.15, 0.2) is 0 Å². The number of rotatable bonds is 12. The topological polar surface area (TPSA) is 56.1 Å². The van der Waals surface area contributed by atoms with Crippen LogP contribution in [0.25, 0.3) is 0 Å². The summed E-state index contributed by atoms with van der Waals surface area (Å²) in [7, 11) is 0. The zero-order valence-electron chi connectivity index (χ0n) is 18.0. The summed E-state index contributed by atoms with van der Waals surface area (Å²) >= 11 is 5.99. The predicted molar refractivity (Wildman–Crippen MR) is 126 cm³/mol. The monoisotopic (exact) mass is 439 g/mol. The minimum atomic E-state index is -0.0145. The summed E-state index contributed by atoms with van der Waals surface area (Å²) < 4.78 is 8.31. The van der Waals surface area contributed by atoms with Crippen molar-refractivity contribution in [2.24, 2.45) is 0 Å². The van der Waals surface area contributed by atoms with Gasteiger partial charge in [0.05, 0.1) is 12.9 Å². The molecule has 2 aromatic carbocycles. The predicted octanol–water partition coefficient (Wildman–Crippen LogP) is 6.14. The largest absolute Gasteiger partial charge is 0.489 e. The number of aromatic nitrogens is 2. The molecule has 0 aliphatic rings. The van der Waals surface area contributed by atoms with E-state index >= 15 is 0 Å². The average Bonchev–Trinajstić information content (AvgIpc) is 3.28. The lowest BCUT2D eigenvalue weighted by Gasteiger charge is -2.20. The van der Waals surface area contributed by atoms with Crippen LogP contribution in [0.2, 0.25) is 5.02 Å². The zero-order chi connectivity index (χ0) is 21.9. The number of imidazole rings is 1. The molecule has 0 fully saturated rings. The molecule has 3 aromatic rings. The third kappa shape index (κ3) is 8.10. The van der Waals surface area contributed by atoms with Crippen LogP contribution < -0.4 is 10.1 Å². The van der Waals surface area contributed by atoms with Crippen molar-refractivity contribution >= 4 is 23.2 Å². The van der Waals surface area contributed by atoms with Gasteiger partial charge in [-0.1, -0.05) is 43.5 Å². The number of carbonyl (C=O) groups excluding carboxylic acids is 1. The molecule has 1 unspecified atom stereocenters. The Morgan fingerprint density at radius 2 is 1.90 bits per heavy atom. The first kappa shape index (κ1) is 22.9. The molecule has 1 amide bonds. The standard InChI is InChI=1S/C25H30ClN3O2/c1-2-3-4-5-25(30)28-22-11-14-23(15-12-22)31-24(18-29-17-16-27-19-29)13-8-20-6-9-21(26)10-7-20/h6-7,9-12,14-17,19,24H,2-5,8,13,18H2,1H3,(H,28,30). The fraction of sp³-hybridized carbons (Fsp3) is 0.360. The van der Waals surface area contributed by atoms with E-state index in [2.05, 4.69) is 29.4 Å². The molecule has 3 rings (SSSR count). The summed E-state index contributed by atoms with van der Waals surface area (Å²) in [6.07, 6.45) is 10.9. The summed E-state index contributed by atoms with van der Waals surface area (Å²) in [6.45, 7) is 2.84. The van der Waals surface area contributed by atoms with Crippen LogP contribution in [-0.4, -0.2) is 21.6 Å². The lowest BCUT2D eigenvalue weighted by atomic mass is 10.1. The molecule has 1 aromatic heterocycles. The first-order valence-corrected chi connectivity index (χ1v) is 11.3. The smallest absolute Gasteiger partial charge is 0.224 e. The molecule has 0 saturated carbocycles. The van der Waals surface area contributed by atoms with Gasteiger partial charge in [-0.25, -0.2) is 4.98 Å². The second-order valence-electron chi connectivity index (χ2n) is 7.69. The fourth-order valence-electron chi connectivity index (χ4n) is 3.36. The van der Waals surface area contributed by atoms with Crippen molar-refractivity contribution in [2.45, 2.75) is 58.1 Å². The van der Waals surface area contributed by atoms with Gasteiger partial charge in [0, 0.05) is 29.5 Å². The minimum absolute atomic E-state index is 0.0145. The van der Waals surface area contributed by atoms with Gasteiger partial charge in [0.1, 0.15) is 11.9 Å². The SMILES string of the molecule is CCCCCC(=O)Nc1ccc(OC(CCc2ccc(Cl)cc2)Cn2ccnc2)cc1. The number of nitrogens with zero attached hydrogens (tertiary/aromatic N) is 2. The van der Waals surface area contributed by atoms with Crippen molar-refractivity contribution in [1.29, 1.82) is 0 Å². The van der Waals surface area contributed by atoms with Crippen LogP contribution in [0.15, 0.2) is 67.3 Å². The number of anilines is 1. The van der Waals surface area contributed by atoms with Crippen molar-refractivity contribution in [2.75, 3.05) is 5.32 Å². The molecule has 1 heterocycles. The molecular weight excluding hydrogens is 410 g/mol. The van der Waals surface area contributed by atoms with Crippen molar-refractivity contribution in [3.05, 3.63) is 77.8 Å². The normalized spacial score (nSPS) is 11.8. The zero-order valence-corrected chi connectivity index (χ0v) is 18.7. The van der Waals surface area contributed by atoms with E-state index < -0.39 is 0 Å². The molecule has 1 N–H and O–H groups in total. The summed E-state index contributed by atoms with van der Waals surface area (Å²) in [5.41, 5.74) is 2.02. The Balaban J connectivity index is 1.57. The quantitative estimate of drug-likeness (QED) is 0.345. The Morgan fingerprint density at radius 3 is 2.58 bits per heavy atom. The molecule has 0 radical (unpaired) electrons. The number of nitrogens with one attached hydrogen (secondary N) is 1. The lowest BCUT2D eigenvalue weighted by Crippen LogP contribution is -2.23. The van der Waals surface area contributed by atoms with E-state index in [0.717, 1.165) is 48.6 Å². The summed E-state index contributed by atoms with van der Waals surface area (Å²) in [5.74, 6) is 0.841. The molecule has 0 aliphatic carbocycles. The van der Waals surface area contributed by atoms with Gasteiger partial charge in [-0.2, -0.15) is 0 Å². The van der Waals surface area contributed by atoms with Crippen LogP contribution >= 0.6 is 11.6 Å². The number of carbonyl (C=O) groups is 1. The van der Waals surface area contributed by atoms with E-state index in [4.69, 9.17) is 16.3 Å². The minimum Gasteiger partial charge on any atom is -0.489 e. The second kappa shape index (κ2) is 12.2. The number of ether oxygens (including phenoxy) is 1. The van der Waals surface area contributed by atoms with Crippen molar-refractivity contribution < 1.29 is 9.53 Å². The molecule has 6 heteroatoms. The van der Waals surface area contributed by atoms with Crippen LogP contribution in [0, 0.1) is 0 Å². The Hall–Kier alpha value is -2.79. The Labute approximate surface area is 189 Å². The highest BCUT2D eigenvalue weighted by Crippen LogP contribution is 2.20. The maximum Gasteiger partial charge on any atom is 0.224 e. The molecule has 31 heavy (non-hydrogen) atoms. The van der Waals surface area contributed by atoms with Gasteiger partial charge in [0.25, 0.3) is 0 Å². The van der Waals surface area contributed by atoms with E-state index in [0.29, 0.717) is 13.0 Å². The molecule has 0 spiro atoms. The maximum absolute atomic E-state index is 12.0. The number of aryl methyl sites for hydroxylation is 1. The molecule has 164 valence electrons. The molecular formula is C25H30ClN3O2. The molecule has 5 nitrogen and oxygen atoms in total. The molecule has 1 atom stereocenters. The first-order valence-electron chi connectivity index (χ1n) is 10.9. The van der Waals surface area contributed by atoms with Crippen LogP contribution in [0.1, 0.15) is 44.6 Å². The highest BCUT2D eigenvalue weighted by molar-refractivity contribution is 6.30. The van der Waals surface area contributed by atoms with Gasteiger partial charge in [0.2, 0.25) is 5.91 Å². The summed E-state index contributed by atoms with van der Waals surface area (Å²) in [5, 5.41) is 3.69. The average molecular weight is 440 g/mol. The molecule has 0 saturated heterocycles. The van der Waals surface area contributed by atoms with E-state index in [1.54, 1.807) is 12.5 Å². The van der Waals surface area contributed by atoms with Crippen LogP contribution in [-0.2, 0) is 17.8 Å². The second-order valence-corrected chi connectivity index (χ2v) is 8.13. The number of unbranched alkanes of at least 4 members (excludes halogenated alkanes) is 2. The van der Waals surface area contributed by atoms with Crippen LogP contribution in [0.4, 0.5) is 5.69 Å². The van der Waals surface area contributed by atoms with Gasteiger partial charge >= 0.3 is 0 Å². The van der Waals surface area contributed by atoms with Gasteiger partial charge in [-0.05, 0) is 61.2 Å².